The third-order valence-electron chi connectivity index (χ3n) is 5.56. The van der Waals surface area contributed by atoms with Gasteiger partial charge in [-0.05, 0) is 36.0 Å². The second-order valence-electron chi connectivity index (χ2n) is 7.44. The van der Waals surface area contributed by atoms with Crippen LogP contribution in [0.3, 0.4) is 0 Å². The van der Waals surface area contributed by atoms with Crippen LogP contribution in [0.15, 0.2) is 48.7 Å². The minimum atomic E-state index is -4.47. The Balaban J connectivity index is 1.83. The van der Waals surface area contributed by atoms with Crippen molar-refractivity contribution in [3.8, 4) is 0 Å². The van der Waals surface area contributed by atoms with Crippen molar-refractivity contribution in [1.29, 1.82) is 0 Å². The van der Waals surface area contributed by atoms with Crippen molar-refractivity contribution >= 4 is 5.97 Å². The maximum atomic E-state index is 12.9. The van der Waals surface area contributed by atoms with Gasteiger partial charge in [0.2, 0.25) is 0 Å². The summed E-state index contributed by atoms with van der Waals surface area (Å²) < 4.78 is 43.6. The fourth-order valence-electron chi connectivity index (χ4n) is 4.16. The number of nitrogens with one attached hydrogen (secondary N) is 1. The van der Waals surface area contributed by atoms with Crippen LogP contribution in [0.4, 0.5) is 13.2 Å². The lowest BCUT2D eigenvalue weighted by atomic mass is 9.71. The molecule has 0 amide bonds. The molecule has 1 aliphatic carbocycles. The molecule has 1 saturated carbocycles. The molecule has 0 saturated heterocycles. The number of hydrogen-bond donors (Lipinski definition) is 1. The Morgan fingerprint density at radius 3 is 2.55 bits per heavy atom. The highest BCUT2D eigenvalue weighted by molar-refractivity contribution is 5.69. The molecule has 2 aromatic rings. The number of carbonyl (C=O) groups is 1. The van der Waals surface area contributed by atoms with E-state index in [2.05, 4.69) is 10.3 Å². The fourth-order valence-corrected chi connectivity index (χ4v) is 4.16. The summed E-state index contributed by atoms with van der Waals surface area (Å²) in [6.07, 6.45) is -0.271. The maximum absolute atomic E-state index is 12.9. The van der Waals surface area contributed by atoms with E-state index >= 15 is 0 Å². The van der Waals surface area contributed by atoms with Gasteiger partial charge in [-0.3, -0.25) is 9.78 Å². The summed E-state index contributed by atoms with van der Waals surface area (Å²) in [5.41, 5.74) is 0.944. The lowest BCUT2D eigenvalue weighted by molar-refractivity contribution is -0.142. The first-order chi connectivity index (χ1) is 13.9. The third-order valence-corrected chi connectivity index (χ3v) is 5.56. The Labute approximate surface area is 168 Å². The average Bonchev–Trinajstić information content (AvgIpc) is 2.72. The number of nitrogens with zero attached hydrogens (tertiary/aromatic N) is 1. The van der Waals surface area contributed by atoms with Crippen LogP contribution < -0.4 is 5.32 Å². The summed E-state index contributed by atoms with van der Waals surface area (Å²) >= 11 is 0. The summed E-state index contributed by atoms with van der Waals surface area (Å²) in [6.45, 7) is 0.654. The zero-order chi connectivity index (χ0) is 20.9. The Morgan fingerprint density at radius 2 is 1.93 bits per heavy atom. The highest BCUT2D eigenvalue weighted by atomic mass is 19.4. The van der Waals surface area contributed by atoms with Gasteiger partial charge < -0.3 is 10.1 Å². The summed E-state index contributed by atoms with van der Waals surface area (Å²) in [4.78, 5) is 15.6. The molecule has 29 heavy (non-hydrogen) atoms. The number of aromatic nitrogens is 1. The molecule has 156 valence electrons. The highest BCUT2D eigenvalue weighted by Gasteiger charge is 2.37. The molecule has 0 unspecified atom stereocenters. The predicted octanol–water partition coefficient (Wildman–Crippen LogP) is 4.71. The van der Waals surface area contributed by atoms with Crippen molar-refractivity contribution in [2.24, 2.45) is 5.92 Å². The minimum absolute atomic E-state index is 0.0111. The average molecular weight is 406 g/mol. The Hall–Kier alpha value is -2.41. The molecule has 3 atom stereocenters. The summed E-state index contributed by atoms with van der Waals surface area (Å²) in [5, 5.41) is 3.55. The molecule has 1 aromatic carbocycles. The molecule has 0 radical (unpaired) electrons. The molecule has 3 rings (SSSR count). The first kappa shape index (κ1) is 21.3. The zero-order valence-electron chi connectivity index (χ0n) is 16.3. The monoisotopic (exact) mass is 406 g/mol. The van der Waals surface area contributed by atoms with E-state index in [1.54, 1.807) is 0 Å². The van der Waals surface area contributed by atoms with Gasteiger partial charge >= 0.3 is 12.1 Å². The lowest BCUT2D eigenvalue weighted by Gasteiger charge is -2.39. The van der Waals surface area contributed by atoms with E-state index in [0.29, 0.717) is 6.54 Å². The Kier molecular flexibility index (Phi) is 6.90. The number of pyridine rings is 1. The number of esters is 1. The standard InChI is InChI=1S/C22H25F3N2O2/c1-29-20(28)12-16-8-5-9-18(26-13-15-6-3-2-4-7-15)21(16)17-10-11-19(27-14-17)22(23,24)25/h2-4,6-7,10-11,14,16,18,21,26H,5,8-9,12-13H2,1H3/t16-,18-,21+/m1/s1. The van der Waals surface area contributed by atoms with Crippen LogP contribution in [-0.4, -0.2) is 24.1 Å². The van der Waals surface area contributed by atoms with Gasteiger partial charge in [-0.2, -0.15) is 13.2 Å². The van der Waals surface area contributed by atoms with Crippen molar-refractivity contribution in [2.45, 2.75) is 50.4 Å². The number of benzene rings is 1. The Bertz CT molecular complexity index is 794. The number of ether oxygens (including phenoxy) is 1. The van der Waals surface area contributed by atoms with Crippen molar-refractivity contribution in [2.75, 3.05) is 7.11 Å². The smallest absolute Gasteiger partial charge is 0.433 e. The van der Waals surface area contributed by atoms with Crippen LogP contribution in [0.25, 0.3) is 0 Å². The summed E-state index contributed by atoms with van der Waals surface area (Å²) in [7, 11) is 1.35. The van der Waals surface area contributed by atoms with Crippen molar-refractivity contribution in [3.05, 3.63) is 65.5 Å². The second kappa shape index (κ2) is 9.39. The first-order valence-electron chi connectivity index (χ1n) is 9.75. The van der Waals surface area contributed by atoms with E-state index in [1.807, 2.05) is 30.3 Å². The van der Waals surface area contributed by atoms with Crippen LogP contribution in [0.1, 0.15) is 48.4 Å². The van der Waals surface area contributed by atoms with Crippen LogP contribution in [0.2, 0.25) is 0 Å². The van der Waals surface area contributed by atoms with E-state index in [1.165, 1.54) is 19.4 Å². The largest absolute Gasteiger partial charge is 0.469 e. The van der Waals surface area contributed by atoms with Crippen molar-refractivity contribution in [3.63, 3.8) is 0 Å². The second-order valence-corrected chi connectivity index (χ2v) is 7.44. The lowest BCUT2D eigenvalue weighted by Crippen LogP contribution is -2.41. The van der Waals surface area contributed by atoms with E-state index in [4.69, 9.17) is 4.74 Å². The molecule has 0 aliphatic heterocycles. The van der Waals surface area contributed by atoms with Crippen molar-refractivity contribution in [1.82, 2.24) is 10.3 Å². The van der Waals surface area contributed by atoms with Gasteiger partial charge in [0.25, 0.3) is 0 Å². The van der Waals surface area contributed by atoms with Crippen LogP contribution in [0, 0.1) is 5.92 Å². The molecule has 1 fully saturated rings. The quantitative estimate of drug-likeness (QED) is 0.706. The van der Waals surface area contributed by atoms with Crippen molar-refractivity contribution < 1.29 is 22.7 Å². The number of carbonyl (C=O) groups excluding carboxylic acids is 1. The van der Waals surface area contributed by atoms with Gasteiger partial charge in [0, 0.05) is 31.1 Å². The molecular weight excluding hydrogens is 381 g/mol. The molecule has 7 heteroatoms. The molecule has 0 bridgehead atoms. The van der Waals surface area contributed by atoms with E-state index in [-0.39, 0.29) is 30.3 Å². The van der Waals surface area contributed by atoms with Crippen LogP contribution in [-0.2, 0) is 22.3 Å². The number of methoxy groups -OCH3 is 1. The maximum Gasteiger partial charge on any atom is 0.433 e. The van der Waals surface area contributed by atoms with Crippen LogP contribution >= 0.6 is 0 Å². The number of halogens is 3. The van der Waals surface area contributed by atoms with E-state index in [9.17, 15) is 18.0 Å². The van der Waals surface area contributed by atoms with E-state index in [0.717, 1.165) is 36.5 Å². The van der Waals surface area contributed by atoms with E-state index < -0.39 is 11.9 Å². The van der Waals surface area contributed by atoms with Gasteiger partial charge in [0.1, 0.15) is 5.69 Å². The van der Waals surface area contributed by atoms with Gasteiger partial charge in [-0.1, -0.05) is 42.8 Å². The number of rotatable bonds is 6. The molecular formula is C22H25F3N2O2. The normalized spacial score (nSPS) is 22.3. The molecule has 1 N–H and O–H groups in total. The highest BCUT2D eigenvalue weighted by Crippen LogP contribution is 2.40. The number of alkyl halides is 3. The summed E-state index contributed by atoms with van der Waals surface area (Å²) in [6, 6.07) is 12.5. The van der Waals surface area contributed by atoms with Gasteiger partial charge in [0.05, 0.1) is 7.11 Å². The van der Waals surface area contributed by atoms with Gasteiger partial charge in [-0.25, -0.2) is 0 Å². The molecule has 4 nitrogen and oxygen atoms in total. The fraction of sp³-hybridized carbons (Fsp3) is 0.455. The summed E-state index contributed by atoms with van der Waals surface area (Å²) in [5.74, 6) is -0.423. The molecule has 1 heterocycles. The van der Waals surface area contributed by atoms with Crippen LogP contribution in [0.5, 0.6) is 0 Å². The third kappa shape index (κ3) is 5.56. The molecule has 1 aliphatic rings. The van der Waals surface area contributed by atoms with Gasteiger partial charge in [0.15, 0.2) is 0 Å². The molecule has 1 aromatic heterocycles. The predicted molar refractivity (Wildman–Crippen MR) is 103 cm³/mol. The zero-order valence-corrected chi connectivity index (χ0v) is 16.3. The SMILES string of the molecule is COC(=O)C[C@H]1CCC[C@@H](NCc2ccccc2)[C@@H]1c1ccc(C(F)(F)F)nc1. The molecule has 0 spiro atoms. The topological polar surface area (TPSA) is 51.2 Å². The Morgan fingerprint density at radius 1 is 1.17 bits per heavy atom. The minimum Gasteiger partial charge on any atom is -0.469 e. The van der Waals surface area contributed by atoms with Gasteiger partial charge in [-0.15, -0.1) is 0 Å². The number of hydrogen-bond acceptors (Lipinski definition) is 4. The first-order valence-corrected chi connectivity index (χ1v) is 9.75.